The van der Waals surface area contributed by atoms with Gasteiger partial charge in [-0.2, -0.15) is 0 Å². The number of hydrogen-bond acceptors (Lipinski definition) is 4. The molecule has 1 unspecified atom stereocenters. The minimum Gasteiger partial charge on any atom is -0.383 e. The molecular weight excluding hydrogens is 206 g/mol. The Kier molecular flexibility index (Phi) is 5.73. The van der Waals surface area contributed by atoms with Gasteiger partial charge in [-0.15, -0.1) is 0 Å². The first-order valence-corrected chi connectivity index (χ1v) is 5.85. The third-order valence-corrected chi connectivity index (χ3v) is 3.00. The van der Waals surface area contributed by atoms with Crippen molar-refractivity contribution in [3.63, 3.8) is 0 Å². The first kappa shape index (κ1) is 13.4. The quantitative estimate of drug-likeness (QED) is 0.546. The first-order valence-electron chi connectivity index (χ1n) is 5.85. The van der Waals surface area contributed by atoms with Gasteiger partial charge in [-0.1, -0.05) is 0 Å². The maximum absolute atomic E-state index is 11.5. The van der Waals surface area contributed by atoms with Crippen LogP contribution in [-0.4, -0.2) is 57.2 Å². The van der Waals surface area contributed by atoms with Crippen LogP contribution in [0.15, 0.2) is 0 Å². The zero-order chi connectivity index (χ0) is 12.0. The van der Waals surface area contributed by atoms with Crippen molar-refractivity contribution in [3.05, 3.63) is 0 Å². The second kappa shape index (κ2) is 6.83. The average Bonchev–Trinajstić information content (AvgIpc) is 3.03. The van der Waals surface area contributed by atoms with Crippen LogP contribution in [0, 0.1) is 5.92 Å². The van der Waals surface area contributed by atoms with Crippen LogP contribution < -0.4 is 11.1 Å². The van der Waals surface area contributed by atoms with Crippen LogP contribution in [0.5, 0.6) is 0 Å². The molecule has 3 N–H and O–H groups in total. The average molecular weight is 229 g/mol. The number of rotatable bonds is 8. The number of methoxy groups -OCH3 is 1. The Balaban J connectivity index is 2.20. The minimum atomic E-state index is 0.0404. The second-order valence-electron chi connectivity index (χ2n) is 4.40. The van der Waals surface area contributed by atoms with Gasteiger partial charge < -0.3 is 15.8 Å². The fourth-order valence-electron chi connectivity index (χ4n) is 1.91. The lowest BCUT2D eigenvalue weighted by Gasteiger charge is -2.26. The van der Waals surface area contributed by atoms with Crippen molar-refractivity contribution in [3.8, 4) is 0 Å². The molecule has 0 aromatic rings. The van der Waals surface area contributed by atoms with Crippen molar-refractivity contribution in [1.82, 2.24) is 10.2 Å². The van der Waals surface area contributed by atoms with Gasteiger partial charge in [0.15, 0.2) is 0 Å². The molecule has 16 heavy (non-hydrogen) atoms. The second-order valence-corrected chi connectivity index (χ2v) is 4.40. The van der Waals surface area contributed by atoms with Gasteiger partial charge in [0, 0.05) is 26.2 Å². The van der Waals surface area contributed by atoms with E-state index in [0.29, 0.717) is 38.2 Å². The maximum Gasteiger partial charge on any atom is 0.234 e. The summed E-state index contributed by atoms with van der Waals surface area (Å²) in [6.45, 7) is 2.17. The maximum atomic E-state index is 11.5. The van der Waals surface area contributed by atoms with E-state index in [1.165, 1.54) is 12.8 Å². The molecular formula is C11H23N3O2. The Bertz CT molecular complexity index is 219. The van der Waals surface area contributed by atoms with Gasteiger partial charge in [-0.25, -0.2) is 0 Å². The molecule has 0 aromatic carbocycles. The predicted octanol–water partition coefficient (Wildman–Crippen LogP) is -0.582. The standard InChI is InChI=1S/C11H23N3O2/c1-14(10(7-12)9-3-4-9)8-11(15)13-5-6-16-2/h9-10H,3-8,12H2,1-2H3,(H,13,15). The lowest BCUT2D eigenvalue weighted by atomic mass is 10.1. The molecule has 1 amide bonds. The van der Waals surface area contributed by atoms with Gasteiger partial charge in [0.1, 0.15) is 0 Å². The number of amides is 1. The highest BCUT2D eigenvalue weighted by Gasteiger charge is 2.33. The predicted molar refractivity (Wildman–Crippen MR) is 63.1 cm³/mol. The number of ether oxygens (including phenoxy) is 1. The molecule has 1 atom stereocenters. The molecule has 0 heterocycles. The van der Waals surface area contributed by atoms with Gasteiger partial charge in [-0.3, -0.25) is 9.69 Å². The highest BCUT2D eigenvalue weighted by Crippen LogP contribution is 2.34. The molecule has 0 radical (unpaired) electrons. The van der Waals surface area contributed by atoms with Gasteiger partial charge in [0.05, 0.1) is 13.2 Å². The summed E-state index contributed by atoms with van der Waals surface area (Å²) < 4.78 is 4.87. The molecule has 0 spiro atoms. The summed E-state index contributed by atoms with van der Waals surface area (Å²) in [7, 11) is 3.58. The van der Waals surface area contributed by atoms with Crippen LogP contribution in [0.25, 0.3) is 0 Å². The van der Waals surface area contributed by atoms with Crippen molar-refractivity contribution >= 4 is 5.91 Å². The molecule has 0 aromatic heterocycles. The Morgan fingerprint density at radius 1 is 1.62 bits per heavy atom. The molecule has 1 rings (SSSR count). The summed E-state index contributed by atoms with van der Waals surface area (Å²) in [6, 6.07) is 0.355. The zero-order valence-corrected chi connectivity index (χ0v) is 10.2. The summed E-state index contributed by atoms with van der Waals surface area (Å²) in [5.74, 6) is 0.737. The highest BCUT2D eigenvalue weighted by atomic mass is 16.5. The number of nitrogens with zero attached hydrogens (tertiary/aromatic N) is 1. The van der Waals surface area contributed by atoms with E-state index in [4.69, 9.17) is 10.5 Å². The summed E-state index contributed by atoms with van der Waals surface area (Å²) >= 11 is 0. The van der Waals surface area contributed by atoms with Gasteiger partial charge >= 0.3 is 0 Å². The van der Waals surface area contributed by atoms with E-state index >= 15 is 0 Å². The third-order valence-electron chi connectivity index (χ3n) is 3.00. The molecule has 94 valence electrons. The van der Waals surface area contributed by atoms with Crippen molar-refractivity contribution in [2.75, 3.05) is 40.4 Å². The number of nitrogens with two attached hydrogens (primary N) is 1. The highest BCUT2D eigenvalue weighted by molar-refractivity contribution is 5.78. The van der Waals surface area contributed by atoms with Crippen molar-refractivity contribution in [2.45, 2.75) is 18.9 Å². The summed E-state index contributed by atoms with van der Waals surface area (Å²) in [5, 5.41) is 2.81. The lowest BCUT2D eigenvalue weighted by Crippen LogP contribution is -2.45. The monoisotopic (exact) mass is 229 g/mol. The SMILES string of the molecule is COCCNC(=O)CN(C)C(CN)C1CC1. The Hall–Kier alpha value is -0.650. The van der Waals surface area contributed by atoms with E-state index < -0.39 is 0 Å². The number of carbonyl (C=O) groups is 1. The summed E-state index contributed by atoms with van der Waals surface area (Å²) in [5.41, 5.74) is 5.72. The van der Waals surface area contributed by atoms with Gasteiger partial charge in [-0.05, 0) is 25.8 Å². The van der Waals surface area contributed by atoms with Crippen LogP contribution in [0.2, 0.25) is 0 Å². The lowest BCUT2D eigenvalue weighted by molar-refractivity contribution is -0.122. The fraction of sp³-hybridized carbons (Fsp3) is 0.909. The molecule has 5 heteroatoms. The molecule has 1 saturated carbocycles. The number of nitrogens with one attached hydrogen (secondary N) is 1. The van der Waals surface area contributed by atoms with E-state index in [9.17, 15) is 4.79 Å². The largest absolute Gasteiger partial charge is 0.383 e. The number of hydrogen-bond donors (Lipinski definition) is 2. The van der Waals surface area contributed by atoms with Crippen LogP contribution in [0.4, 0.5) is 0 Å². The van der Waals surface area contributed by atoms with Crippen molar-refractivity contribution in [1.29, 1.82) is 0 Å². The fourth-order valence-corrected chi connectivity index (χ4v) is 1.91. The first-order chi connectivity index (χ1) is 7.69. The van der Waals surface area contributed by atoms with E-state index in [1.54, 1.807) is 7.11 Å². The van der Waals surface area contributed by atoms with Crippen molar-refractivity contribution in [2.24, 2.45) is 11.7 Å². The molecule has 1 aliphatic carbocycles. The van der Waals surface area contributed by atoms with E-state index in [1.807, 2.05) is 7.05 Å². The van der Waals surface area contributed by atoms with Gasteiger partial charge in [0.2, 0.25) is 5.91 Å². The molecule has 0 bridgehead atoms. The number of likely N-dealkylation sites (N-methyl/N-ethyl adjacent to an activating group) is 1. The molecule has 0 saturated heterocycles. The normalized spacial score (nSPS) is 17.5. The smallest absolute Gasteiger partial charge is 0.234 e. The Morgan fingerprint density at radius 3 is 2.81 bits per heavy atom. The molecule has 0 aliphatic heterocycles. The topological polar surface area (TPSA) is 67.6 Å². The molecule has 5 nitrogen and oxygen atoms in total. The Morgan fingerprint density at radius 2 is 2.31 bits per heavy atom. The van der Waals surface area contributed by atoms with E-state index in [-0.39, 0.29) is 5.91 Å². The summed E-state index contributed by atoms with van der Waals surface area (Å²) in [6.07, 6.45) is 2.50. The van der Waals surface area contributed by atoms with Gasteiger partial charge in [0.25, 0.3) is 0 Å². The van der Waals surface area contributed by atoms with Crippen LogP contribution in [0.1, 0.15) is 12.8 Å². The zero-order valence-electron chi connectivity index (χ0n) is 10.2. The summed E-state index contributed by atoms with van der Waals surface area (Å²) in [4.78, 5) is 13.6. The van der Waals surface area contributed by atoms with Crippen LogP contribution in [-0.2, 0) is 9.53 Å². The minimum absolute atomic E-state index is 0.0404. The molecule has 1 aliphatic rings. The van der Waals surface area contributed by atoms with Crippen molar-refractivity contribution < 1.29 is 9.53 Å². The number of carbonyl (C=O) groups excluding carboxylic acids is 1. The van der Waals surface area contributed by atoms with Crippen LogP contribution in [0.3, 0.4) is 0 Å². The third kappa shape index (κ3) is 4.47. The van der Waals surface area contributed by atoms with Crippen LogP contribution >= 0.6 is 0 Å². The Labute approximate surface area is 97.3 Å². The van der Waals surface area contributed by atoms with E-state index in [2.05, 4.69) is 10.2 Å². The van der Waals surface area contributed by atoms with E-state index in [0.717, 1.165) is 0 Å². The molecule has 1 fully saturated rings.